The number of carbonyl (C=O) groups excluding carboxylic acids is 1. The molecule has 7 heteroatoms. The molecule has 0 radical (unpaired) electrons. The number of nitrogens with zero attached hydrogens (tertiary/aromatic N) is 1. The maximum atomic E-state index is 13.6. The van der Waals surface area contributed by atoms with Crippen LogP contribution in [0.15, 0.2) is 23.1 Å². The van der Waals surface area contributed by atoms with Crippen LogP contribution in [0.4, 0.5) is 4.39 Å². The number of carbonyl (C=O) groups is 1. The molecule has 0 spiro atoms. The van der Waals surface area contributed by atoms with Gasteiger partial charge in [0.2, 0.25) is 10.0 Å². The maximum absolute atomic E-state index is 13.6. The van der Waals surface area contributed by atoms with Crippen LogP contribution in [0.2, 0.25) is 0 Å². The van der Waals surface area contributed by atoms with Crippen molar-refractivity contribution >= 4 is 15.9 Å². The fourth-order valence-corrected chi connectivity index (χ4v) is 2.76. The summed E-state index contributed by atoms with van der Waals surface area (Å²) in [6.07, 6.45) is 1.85. The highest BCUT2D eigenvalue weighted by Crippen LogP contribution is 2.29. The first-order valence-corrected chi connectivity index (χ1v) is 8.37. The number of primary sulfonamides is 1. The molecule has 116 valence electrons. The summed E-state index contributed by atoms with van der Waals surface area (Å²) in [6, 6.07) is 3.17. The standard InChI is InChI=1S/C14H19FN2O3S/c1-9(2)8-17(12-3-4-12)14(18)10-5-11(15)7-13(6-10)21(16,19)20/h5-7,9,12H,3-4,8H2,1-2H3,(H2,16,19,20). The summed E-state index contributed by atoms with van der Waals surface area (Å²) in [5, 5.41) is 5.00. The molecule has 0 aliphatic heterocycles. The van der Waals surface area contributed by atoms with Crippen molar-refractivity contribution in [2.75, 3.05) is 6.54 Å². The van der Waals surface area contributed by atoms with Crippen molar-refractivity contribution in [2.24, 2.45) is 11.1 Å². The number of hydrogen-bond donors (Lipinski definition) is 1. The van der Waals surface area contributed by atoms with Gasteiger partial charge in [0.1, 0.15) is 5.82 Å². The molecule has 2 rings (SSSR count). The Balaban J connectivity index is 2.35. The predicted molar refractivity (Wildman–Crippen MR) is 76.7 cm³/mol. The van der Waals surface area contributed by atoms with E-state index in [9.17, 15) is 17.6 Å². The first-order valence-electron chi connectivity index (χ1n) is 6.83. The zero-order valence-electron chi connectivity index (χ0n) is 12.0. The Labute approximate surface area is 124 Å². The van der Waals surface area contributed by atoms with E-state index in [1.165, 1.54) is 0 Å². The van der Waals surface area contributed by atoms with E-state index in [1.807, 2.05) is 13.8 Å². The molecule has 0 aromatic heterocycles. The van der Waals surface area contributed by atoms with E-state index in [-0.39, 0.29) is 28.3 Å². The molecule has 1 aromatic carbocycles. The van der Waals surface area contributed by atoms with Crippen molar-refractivity contribution in [3.05, 3.63) is 29.6 Å². The molecule has 21 heavy (non-hydrogen) atoms. The van der Waals surface area contributed by atoms with Crippen molar-refractivity contribution in [3.8, 4) is 0 Å². The molecule has 0 unspecified atom stereocenters. The third-order valence-electron chi connectivity index (χ3n) is 3.26. The van der Waals surface area contributed by atoms with Gasteiger partial charge < -0.3 is 4.90 Å². The van der Waals surface area contributed by atoms with E-state index >= 15 is 0 Å². The number of rotatable bonds is 5. The van der Waals surface area contributed by atoms with Gasteiger partial charge in [-0.05, 0) is 37.0 Å². The van der Waals surface area contributed by atoms with Gasteiger partial charge in [0.25, 0.3) is 5.91 Å². The first kappa shape index (κ1) is 15.9. The zero-order valence-corrected chi connectivity index (χ0v) is 12.9. The maximum Gasteiger partial charge on any atom is 0.254 e. The molecule has 1 aliphatic carbocycles. The van der Waals surface area contributed by atoms with Gasteiger partial charge in [-0.1, -0.05) is 13.8 Å². The number of hydrogen-bond acceptors (Lipinski definition) is 3. The lowest BCUT2D eigenvalue weighted by atomic mass is 10.1. The number of benzene rings is 1. The fraction of sp³-hybridized carbons (Fsp3) is 0.500. The van der Waals surface area contributed by atoms with Gasteiger partial charge in [-0.3, -0.25) is 4.79 Å². The van der Waals surface area contributed by atoms with Crippen LogP contribution in [0, 0.1) is 11.7 Å². The molecule has 0 bridgehead atoms. The monoisotopic (exact) mass is 314 g/mol. The van der Waals surface area contributed by atoms with Crippen LogP contribution in [0.1, 0.15) is 37.0 Å². The highest BCUT2D eigenvalue weighted by Gasteiger charge is 2.33. The topological polar surface area (TPSA) is 80.5 Å². The second-order valence-electron chi connectivity index (χ2n) is 5.80. The first-order chi connectivity index (χ1) is 9.68. The predicted octanol–water partition coefficient (Wildman–Crippen LogP) is 1.73. The molecule has 0 atom stereocenters. The van der Waals surface area contributed by atoms with Crippen LogP contribution in [0.25, 0.3) is 0 Å². The molecular weight excluding hydrogens is 295 g/mol. The molecule has 1 aliphatic rings. The summed E-state index contributed by atoms with van der Waals surface area (Å²) >= 11 is 0. The Morgan fingerprint density at radius 2 is 2.00 bits per heavy atom. The van der Waals surface area contributed by atoms with Gasteiger partial charge in [0.15, 0.2) is 0 Å². The van der Waals surface area contributed by atoms with Crippen molar-refractivity contribution in [2.45, 2.75) is 37.6 Å². The van der Waals surface area contributed by atoms with Crippen LogP contribution in [-0.2, 0) is 10.0 Å². The van der Waals surface area contributed by atoms with E-state index in [1.54, 1.807) is 4.90 Å². The smallest absolute Gasteiger partial charge is 0.254 e. The van der Waals surface area contributed by atoms with Crippen molar-refractivity contribution in [3.63, 3.8) is 0 Å². The summed E-state index contributed by atoms with van der Waals surface area (Å²) in [4.78, 5) is 13.8. The van der Waals surface area contributed by atoms with Crippen molar-refractivity contribution in [1.82, 2.24) is 4.90 Å². The van der Waals surface area contributed by atoms with Crippen molar-refractivity contribution < 1.29 is 17.6 Å². The average molecular weight is 314 g/mol. The fourth-order valence-electron chi connectivity index (χ4n) is 2.19. The lowest BCUT2D eigenvalue weighted by molar-refractivity contribution is 0.0721. The molecule has 0 heterocycles. The molecule has 1 saturated carbocycles. The second-order valence-corrected chi connectivity index (χ2v) is 7.36. The third kappa shape index (κ3) is 4.01. The van der Waals surface area contributed by atoms with Gasteiger partial charge in [-0.2, -0.15) is 0 Å². The highest BCUT2D eigenvalue weighted by atomic mass is 32.2. The largest absolute Gasteiger partial charge is 0.335 e. The normalized spacial score (nSPS) is 15.3. The second kappa shape index (κ2) is 5.73. The molecule has 1 aromatic rings. The number of nitrogens with two attached hydrogens (primary N) is 1. The quantitative estimate of drug-likeness (QED) is 0.899. The zero-order chi connectivity index (χ0) is 15.8. The average Bonchev–Trinajstić information content (AvgIpc) is 3.17. The molecule has 1 fully saturated rings. The third-order valence-corrected chi connectivity index (χ3v) is 4.15. The number of amides is 1. The van der Waals surface area contributed by atoms with Crippen LogP contribution in [0.5, 0.6) is 0 Å². The van der Waals surface area contributed by atoms with Gasteiger partial charge >= 0.3 is 0 Å². The summed E-state index contributed by atoms with van der Waals surface area (Å²) in [5.41, 5.74) is 0.0200. The Morgan fingerprint density at radius 1 is 1.38 bits per heavy atom. The van der Waals surface area contributed by atoms with E-state index in [4.69, 9.17) is 5.14 Å². The molecule has 1 amide bonds. The highest BCUT2D eigenvalue weighted by molar-refractivity contribution is 7.89. The van der Waals surface area contributed by atoms with Gasteiger partial charge in [0.05, 0.1) is 4.90 Å². The van der Waals surface area contributed by atoms with E-state index < -0.39 is 15.8 Å². The lowest BCUT2D eigenvalue weighted by Gasteiger charge is -2.24. The Hall–Kier alpha value is -1.47. The van der Waals surface area contributed by atoms with Gasteiger partial charge in [-0.25, -0.2) is 17.9 Å². The summed E-state index contributed by atoms with van der Waals surface area (Å²) in [5.74, 6) is -0.860. The van der Waals surface area contributed by atoms with Gasteiger partial charge in [-0.15, -0.1) is 0 Å². The minimum absolute atomic E-state index is 0.0200. The minimum Gasteiger partial charge on any atom is -0.335 e. The van der Waals surface area contributed by atoms with Crippen LogP contribution in [-0.4, -0.2) is 31.8 Å². The van der Waals surface area contributed by atoms with Crippen molar-refractivity contribution in [1.29, 1.82) is 0 Å². The molecular formula is C14H19FN2O3S. The van der Waals surface area contributed by atoms with E-state index in [0.717, 1.165) is 31.0 Å². The number of halogens is 1. The number of sulfonamides is 1. The lowest BCUT2D eigenvalue weighted by Crippen LogP contribution is -2.36. The molecule has 2 N–H and O–H groups in total. The van der Waals surface area contributed by atoms with Crippen LogP contribution < -0.4 is 5.14 Å². The molecule has 0 saturated heterocycles. The Morgan fingerprint density at radius 3 is 2.48 bits per heavy atom. The SMILES string of the molecule is CC(C)CN(C(=O)c1cc(F)cc(S(N)(=O)=O)c1)C1CC1. The van der Waals surface area contributed by atoms with Crippen LogP contribution >= 0.6 is 0 Å². The van der Waals surface area contributed by atoms with Gasteiger partial charge in [0, 0.05) is 18.2 Å². The van der Waals surface area contributed by atoms with E-state index in [0.29, 0.717) is 6.54 Å². The Kier molecular flexibility index (Phi) is 4.34. The summed E-state index contributed by atoms with van der Waals surface area (Å²) < 4.78 is 36.3. The van der Waals surface area contributed by atoms with E-state index in [2.05, 4.69) is 0 Å². The minimum atomic E-state index is -4.05. The molecule has 5 nitrogen and oxygen atoms in total. The summed E-state index contributed by atoms with van der Waals surface area (Å²) in [6.45, 7) is 4.54. The Bertz CT molecular complexity index is 654. The van der Waals surface area contributed by atoms with Crippen LogP contribution in [0.3, 0.4) is 0 Å². The summed E-state index contributed by atoms with van der Waals surface area (Å²) in [7, 11) is -4.05.